The van der Waals surface area contributed by atoms with E-state index in [0.29, 0.717) is 11.3 Å². The number of hydrogen-bond donors (Lipinski definition) is 1. The standard InChI is InChI=1S/C18H17Cl3N4O5S/c1-11(13-3-4-14(19)18(21)17(13)20)22-23-15-5-2-12(10-16(15)25(26)27)31(28,29)24-6-8-30-9-7-24/h2-5,10,23H,6-9H2,1H3. The van der Waals surface area contributed by atoms with E-state index in [4.69, 9.17) is 39.5 Å². The van der Waals surface area contributed by atoms with E-state index in [1.165, 1.54) is 16.4 Å². The number of nitrogens with zero attached hydrogens (tertiary/aromatic N) is 3. The van der Waals surface area contributed by atoms with Crippen LogP contribution in [0.4, 0.5) is 11.4 Å². The Morgan fingerprint density at radius 2 is 1.84 bits per heavy atom. The van der Waals surface area contributed by atoms with Crippen LogP contribution >= 0.6 is 34.8 Å². The van der Waals surface area contributed by atoms with E-state index in [-0.39, 0.29) is 52.0 Å². The van der Waals surface area contributed by atoms with E-state index in [1.54, 1.807) is 19.1 Å². The summed E-state index contributed by atoms with van der Waals surface area (Å²) in [4.78, 5) is 10.7. The Morgan fingerprint density at radius 3 is 2.48 bits per heavy atom. The van der Waals surface area contributed by atoms with Crippen LogP contribution in [0.1, 0.15) is 12.5 Å². The van der Waals surface area contributed by atoms with Gasteiger partial charge in [0.15, 0.2) is 0 Å². The van der Waals surface area contributed by atoms with Gasteiger partial charge >= 0.3 is 0 Å². The zero-order chi connectivity index (χ0) is 22.8. The number of anilines is 1. The minimum atomic E-state index is -3.88. The zero-order valence-corrected chi connectivity index (χ0v) is 19.2. The monoisotopic (exact) mass is 506 g/mol. The minimum Gasteiger partial charge on any atom is -0.379 e. The smallest absolute Gasteiger partial charge is 0.295 e. The van der Waals surface area contributed by atoms with Gasteiger partial charge in [0.25, 0.3) is 5.69 Å². The molecule has 0 bridgehead atoms. The number of rotatable bonds is 6. The Balaban J connectivity index is 1.91. The number of benzene rings is 2. The minimum absolute atomic E-state index is 0.0152. The van der Waals surface area contributed by atoms with E-state index in [2.05, 4.69) is 10.5 Å². The topological polar surface area (TPSA) is 114 Å². The van der Waals surface area contributed by atoms with Gasteiger partial charge in [-0.1, -0.05) is 40.9 Å². The maximum Gasteiger partial charge on any atom is 0.295 e. The lowest BCUT2D eigenvalue weighted by atomic mass is 10.1. The van der Waals surface area contributed by atoms with E-state index >= 15 is 0 Å². The molecule has 31 heavy (non-hydrogen) atoms. The fourth-order valence-electron chi connectivity index (χ4n) is 2.86. The average molecular weight is 508 g/mol. The summed E-state index contributed by atoms with van der Waals surface area (Å²) in [6.45, 7) is 2.54. The first-order valence-electron chi connectivity index (χ1n) is 8.93. The molecule has 1 fully saturated rings. The molecule has 2 aromatic carbocycles. The Labute approximate surface area is 193 Å². The van der Waals surface area contributed by atoms with Gasteiger partial charge in [-0.05, 0) is 25.1 Å². The molecule has 1 aliphatic heterocycles. The Hall–Kier alpha value is -1.95. The number of halogens is 3. The number of nitro benzene ring substituents is 1. The molecular weight excluding hydrogens is 491 g/mol. The summed E-state index contributed by atoms with van der Waals surface area (Å²) in [6, 6.07) is 6.75. The SMILES string of the molecule is CC(=NNc1ccc(S(=O)(=O)N2CCOCC2)cc1[N+](=O)[O-])c1ccc(Cl)c(Cl)c1Cl. The fourth-order valence-corrected chi connectivity index (χ4v) is 4.96. The van der Waals surface area contributed by atoms with Gasteiger partial charge in [0.1, 0.15) is 5.69 Å². The summed E-state index contributed by atoms with van der Waals surface area (Å²) in [5.74, 6) is 0. The van der Waals surface area contributed by atoms with Crippen LogP contribution in [-0.4, -0.2) is 49.7 Å². The molecule has 0 saturated carbocycles. The molecule has 2 aromatic rings. The highest BCUT2D eigenvalue weighted by atomic mass is 35.5. The highest BCUT2D eigenvalue weighted by molar-refractivity contribution is 7.89. The number of hydrogen-bond acceptors (Lipinski definition) is 7. The molecule has 1 aliphatic rings. The zero-order valence-electron chi connectivity index (χ0n) is 16.1. The lowest BCUT2D eigenvalue weighted by Gasteiger charge is -2.26. The van der Waals surface area contributed by atoms with Gasteiger partial charge < -0.3 is 4.74 Å². The van der Waals surface area contributed by atoms with Crippen LogP contribution in [0.2, 0.25) is 15.1 Å². The Bertz CT molecular complexity index is 1150. The van der Waals surface area contributed by atoms with Crippen molar-refractivity contribution in [3.63, 3.8) is 0 Å². The number of nitro groups is 1. The maximum atomic E-state index is 12.8. The average Bonchev–Trinajstić information content (AvgIpc) is 2.76. The van der Waals surface area contributed by atoms with Crippen molar-refractivity contribution in [2.24, 2.45) is 5.10 Å². The van der Waals surface area contributed by atoms with Gasteiger partial charge in [0.2, 0.25) is 10.0 Å². The second kappa shape index (κ2) is 9.68. The molecule has 0 aromatic heterocycles. The van der Waals surface area contributed by atoms with Crippen molar-refractivity contribution in [1.29, 1.82) is 0 Å². The second-order valence-electron chi connectivity index (χ2n) is 6.48. The van der Waals surface area contributed by atoms with Crippen molar-refractivity contribution in [1.82, 2.24) is 4.31 Å². The molecule has 0 amide bonds. The summed E-state index contributed by atoms with van der Waals surface area (Å²) in [5.41, 5.74) is 3.05. The van der Waals surface area contributed by atoms with E-state index in [1.807, 2.05) is 0 Å². The molecule has 13 heteroatoms. The number of nitrogens with one attached hydrogen (secondary N) is 1. The maximum absolute atomic E-state index is 12.8. The molecule has 1 heterocycles. The molecule has 166 valence electrons. The molecule has 1 saturated heterocycles. The van der Waals surface area contributed by atoms with Crippen molar-refractivity contribution in [2.45, 2.75) is 11.8 Å². The summed E-state index contributed by atoms with van der Waals surface area (Å²) in [5, 5.41) is 16.3. The van der Waals surface area contributed by atoms with Gasteiger partial charge in [0, 0.05) is 24.7 Å². The Morgan fingerprint density at radius 1 is 1.16 bits per heavy atom. The predicted octanol–water partition coefficient (Wildman–Crippen LogP) is 4.41. The molecule has 0 radical (unpaired) electrons. The van der Waals surface area contributed by atoms with Crippen LogP contribution in [0.15, 0.2) is 40.3 Å². The van der Waals surface area contributed by atoms with Crippen molar-refractivity contribution >= 4 is 61.9 Å². The lowest BCUT2D eigenvalue weighted by molar-refractivity contribution is -0.384. The van der Waals surface area contributed by atoms with Crippen LogP contribution in [0, 0.1) is 10.1 Å². The number of hydrazone groups is 1. The largest absolute Gasteiger partial charge is 0.379 e. The van der Waals surface area contributed by atoms with Gasteiger partial charge in [-0.25, -0.2) is 8.42 Å². The third kappa shape index (κ3) is 5.11. The molecule has 1 N–H and O–H groups in total. The molecular formula is C18H17Cl3N4O5S. The van der Waals surface area contributed by atoms with Crippen LogP contribution in [0.3, 0.4) is 0 Å². The van der Waals surface area contributed by atoms with Crippen LogP contribution < -0.4 is 5.43 Å². The van der Waals surface area contributed by atoms with Crippen molar-refractivity contribution in [3.05, 3.63) is 61.1 Å². The van der Waals surface area contributed by atoms with Crippen molar-refractivity contribution < 1.29 is 18.1 Å². The predicted molar refractivity (Wildman–Crippen MR) is 120 cm³/mol. The van der Waals surface area contributed by atoms with E-state index in [9.17, 15) is 18.5 Å². The van der Waals surface area contributed by atoms with E-state index < -0.39 is 20.6 Å². The summed E-state index contributed by atoms with van der Waals surface area (Å²) < 4.78 is 32.0. The summed E-state index contributed by atoms with van der Waals surface area (Å²) in [6.07, 6.45) is 0. The molecule has 0 atom stereocenters. The van der Waals surface area contributed by atoms with Gasteiger partial charge in [-0.3, -0.25) is 15.5 Å². The first-order chi connectivity index (χ1) is 14.6. The molecule has 9 nitrogen and oxygen atoms in total. The molecule has 0 spiro atoms. The van der Waals surface area contributed by atoms with Crippen molar-refractivity contribution in [3.8, 4) is 0 Å². The first-order valence-corrected chi connectivity index (χ1v) is 11.5. The van der Waals surface area contributed by atoms with Crippen LogP contribution in [0.25, 0.3) is 0 Å². The normalized spacial score (nSPS) is 15.7. The first kappa shape index (κ1) is 23.7. The van der Waals surface area contributed by atoms with Crippen LogP contribution in [-0.2, 0) is 14.8 Å². The molecule has 0 unspecified atom stereocenters. The van der Waals surface area contributed by atoms with Gasteiger partial charge in [-0.15, -0.1) is 0 Å². The highest BCUT2D eigenvalue weighted by Gasteiger charge is 2.29. The third-order valence-corrected chi connectivity index (χ3v) is 7.73. The number of sulfonamides is 1. The van der Waals surface area contributed by atoms with Crippen LogP contribution in [0.5, 0.6) is 0 Å². The molecule has 0 aliphatic carbocycles. The van der Waals surface area contributed by atoms with Gasteiger partial charge in [-0.2, -0.15) is 9.41 Å². The second-order valence-corrected chi connectivity index (χ2v) is 9.59. The quantitative estimate of drug-likeness (QED) is 0.268. The third-order valence-electron chi connectivity index (χ3n) is 4.54. The highest BCUT2D eigenvalue weighted by Crippen LogP contribution is 2.33. The van der Waals surface area contributed by atoms with Crippen molar-refractivity contribution in [2.75, 3.05) is 31.7 Å². The fraction of sp³-hybridized carbons (Fsp3) is 0.278. The van der Waals surface area contributed by atoms with E-state index in [0.717, 1.165) is 6.07 Å². The lowest BCUT2D eigenvalue weighted by Crippen LogP contribution is -2.40. The number of morpholine rings is 1. The Kier molecular flexibility index (Phi) is 7.40. The summed E-state index contributed by atoms with van der Waals surface area (Å²) in [7, 11) is -3.88. The molecule has 3 rings (SSSR count). The summed E-state index contributed by atoms with van der Waals surface area (Å²) >= 11 is 18.1. The number of ether oxygens (including phenoxy) is 1. The van der Waals surface area contributed by atoms with Gasteiger partial charge in [0.05, 0.1) is 43.8 Å².